The van der Waals surface area contributed by atoms with Gasteiger partial charge in [0.15, 0.2) is 11.5 Å². The van der Waals surface area contributed by atoms with Gasteiger partial charge in [-0.15, -0.1) is 0 Å². The van der Waals surface area contributed by atoms with E-state index in [9.17, 15) is 23.5 Å². The first-order valence-electron chi connectivity index (χ1n) is 15.1. The van der Waals surface area contributed by atoms with E-state index in [1.165, 1.54) is 21.2 Å². The number of halogens is 4. The van der Waals surface area contributed by atoms with E-state index in [0.29, 0.717) is 52.9 Å². The molecule has 2 aromatic carbocycles. The number of benzene rings is 2. The number of nitrogens with one attached hydrogen (secondary N) is 2. The highest BCUT2D eigenvalue weighted by molar-refractivity contribution is 6.39. The Morgan fingerprint density at radius 3 is 2.43 bits per heavy atom. The number of rotatable bonds is 9. The average Bonchev–Trinajstić information content (AvgIpc) is 3.10. The van der Waals surface area contributed by atoms with Crippen molar-refractivity contribution in [1.82, 2.24) is 29.4 Å². The lowest BCUT2D eigenvalue weighted by Gasteiger charge is -2.28. The maximum absolute atomic E-state index is 13.8. The Labute approximate surface area is 288 Å². The third kappa shape index (κ3) is 6.62. The summed E-state index contributed by atoms with van der Waals surface area (Å²) < 4.78 is 40.4. The zero-order valence-electron chi connectivity index (χ0n) is 26.5. The van der Waals surface area contributed by atoms with Gasteiger partial charge >= 0.3 is 5.69 Å². The molecule has 5 aromatic rings. The van der Waals surface area contributed by atoms with Gasteiger partial charge in [0.1, 0.15) is 11.2 Å². The second kappa shape index (κ2) is 14.2. The number of fused-ring (bicyclic) bond motifs is 1. The number of aliphatic hydroxyl groups is 1. The van der Waals surface area contributed by atoms with Crippen molar-refractivity contribution in [2.45, 2.75) is 31.5 Å². The van der Waals surface area contributed by atoms with E-state index < -0.39 is 29.6 Å². The number of aromatic nitrogens is 5. The highest BCUT2D eigenvalue weighted by atomic mass is 35.5. The van der Waals surface area contributed by atoms with Crippen molar-refractivity contribution in [3.05, 3.63) is 90.8 Å². The Bertz CT molecular complexity index is 2180. The van der Waals surface area contributed by atoms with Crippen molar-refractivity contribution in [2.75, 3.05) is 25.6 Å². The maximum atomic E-state index is 13.8. The minimum absolute atomic E-state index is 0.113. The molecule has 16 heteroatoms. The second-order valence-corrected chi connectivity index (χ2v) is 12.1. The monoisotopic (exact) mass is 713 g/mol. The first kappa shape index (κ1) is 34.4. The van der Waals surface area contributed by atoms with Gasteiger partial charge in [-0.2, -0.15) is 0 Å². The van der Waals surface area contributed by atoms with Gasteiger partial charge in [0.25, 0.3) is 12.0 Å². The van der Waals surface area contributed by atoms with E-state index in [-0.39, 0.29) is 40.2 Å². The molecule has 49 heavy (non-hydrogen) atoms. The van der Waals surface area contributed by atoms with Crippen molar-refractivity contribution in [3.63, 3.8) is 0 Å². The third-order valence-electron chi connectivity index (χ3n) is 8.34. The standard InChI is InChI=1S/C33H31Cl2F2N7O5/c1-43-30-24(32(46)44(2)33(43)47)28(41-29(42-30)27(36)37)39-22-9-5-7-18(26(22)35)17-6-4-8-19(25(17)34)20-11-10-16(31(40-20)48-3)14-38-21-12-13-49-15-23(21)45/h4-11,21,23,27,38,45H,12-15H2,1-3H3,(H,39,41,42)/t21-,23+/m0/s1. The van der Waals surface area contributed by atoms with Gasteiger partial charge in [-0.05, 0) is 18.6 Å². The van der Waals surface area contributed by atoms with Gasteiger partial charge in [0.2, 0.25) is 5.88 Å². The molecule has 3 N–H and O–H groups in total. The maximum Gasteiger partial charge on any atom is 0.332 e. The lowest BCUT2D eigenvalue weighted by molar-refractivity contribution is -0.0281. The van der Waals surface area contributed by atoms with Gasteiger partial charge < -0.3 is 25.2 Å². The fraction of sp³-hybridized carbons (Fsp3) is 0.303. The molecule has 0 bridgehead atoms. The molecule has 0 radical (unpaired) electrons. The van der Waals surface area contributed by atoms with Crippen LogP contribution in [0, 0.1) is 0 Å². The van der Waals surface area contributed by atoms with Crippen LogP contribution < -0.4 is 26.6 Å². The van der Waals surface area contributed by atoms with Crippen LogP contribution in [0.2, 0.25) is 10.0 Å². The molecule has 6 rings (SSSR count). The Hall–Kier alpha value is -4.47. The van der Waals surface area contributed by atoms with E-state index in [0.717, 1.165) is 14.7 Å². The molecule has 1 aliphatic rings. The molecule has 0 spiro atoms. The number of pyridine rings is 1. The smallest absolute Gasteiger partial charge is 0.332 e. The van der Waals surface area contributed by atoms with Crippen molar-refractivity contribution >= 4 is 45.7 Å². The first-order valence-corrected chi connectivity index (χ1v) is 15.9. The molecule has 0 aliphatic carbocycles. The molecular weight excluding hydrogens is 683 g/mol. The lowest BCUT2D eigenvalue weighted by Crippen LogP contribution is -2.46. The number of aryl methyl sites for hydroxylation is 1. The van der Waals surface area contributed by atoms with Crippen LogP contribution in [0.1, 0.15) is 24.2 Å². The van der Waals surface area contributed by atoms with Gasteiger partial charge in [-0.3, -0.25) is 13.9 Å². The summed E-state index contributed by atoms with van der Waals surface area (Å²) in [5.74, 6) is -0.721. The predicted octanol–water partition coefficient (Wildman–Crippen LogP) is 4.99. The summed E-state index contributed by atoms with van der Waals surface area (Å²) in [6.45, 7) is 1.27. The summed E-state index contributed by atoms with van der Waals surface area (Å²) in [6, 6.07) is 13.9. The lowest BCUT2D eigenvalue weighted by atomic mass is 10.00. The normalized spacial score (nSPS) is 16.3. The van der Waals surface area contributed by atoms with E-state index in [2.05, 4.69) is 20.6 Å². The molecular formula is C33H31Cl2F2N7O5. The van der Waals surface area contributed by atoms with Crippen molar-refractivity contribution in [3.8, 4) is 28.3 Å². The van der Waals surface area contributed by atoms with Gasteiger partial charge in [-0.25, -0.2) is 28.5 Å². The summed E-state index contributed by atoms with van der Waals surface area (Å²) in [4.78, 5) is 38.1. The molecule has 1 fully saturated rings. The van der Waals surface area contributed by atoms with Crippen molar-refractivity contribution in [1.29, 1.82) is 0 Å². The topological polar surface area (TPSA) is 145 Å². The Morgan fingerprint density at radius 2 is 1.71 bits per heavy atom. The van der Waals surface area contributed by atoms with Gasteiger partial charge in [0.05, 0.1) is 41.2 Å². The number of aliphatic hydroxyl groups excluding tert-OH is 1. The molecule has 256 valence electrons. The second-order valence-electron chi connectivity index (χ2n) is 11.4. The number of anilines is 2. The van der Waals surface area contributed by atoms with Crippen LogP contribution >= 0.6 is 23.2 Å². The fourth-order valence-corrected chi connectivity index (χ4v) is 6.30. The molecule has 12 nitrogen and oxygen atoms in total. The van der Waals surface area contributed by atoms with Crippen LogP contribution in [0.5, 0.6) is 5.88 Å². The van der Waals surface area contributed by atoms with E-state index in [1.807, 2.05) is 12.1 Å². The van der Waals surface area contributed by atoms with Gasteiger partial charge in [0, 0.05) is 55.5 Å². The van der Waals surface area contributed by atoms with Crippen LogP contribution in [0.15, 0.2) is 58.1 Å². The Balaban J connectivity index is 1.35. The summed E-state index contributed by atoms with van der Waals surface area (Å²) >= 11 is 13.9. The average molecular weight is 715 g/mol. The highest BCUT2D eigenvalue weighted by Gasteiger charge is 2.25. The minimum atomic E-state index is -3.08. The molecule has 0 unspecified atom stereocenters. The Morgan fingerprint density at radius 1 is 1.00 bits per heavy atom. The van der Waals surface area contributed by atoms with Crippen molar-refractivity contribution in [2.24, 2.45) is 14.1 Å². The van der Waals surface area contributed by atoms with Crippen LogP contribution in [0.4, 0.5) is 20.3 Å². The number of alkyl halides is 2. The number of nitrogens with zero attached hydrogens (tertiary/aromatic N) is 5. The van der Waals surface area contributed by atoms with Crippen LogP contribution in [-0.4, -0.2) is 61.7 Å². The molecule has 0 amide bonds. The zero-order chi connectivity index (χ0) is 35.0. The SMILES string of the molecule is COc1nc(-c2cccc(-c3cccc(Nc4nc(C(F)F)nc5c4c(=O)n(C)c(=O)n5C)c3Cl)c2Cl)ccc1CN[C@H]1CCOC[C@H]1O. The fourth-order valence-electron chi connectivity index (χ4n) is 5.70. The van der Waals surface area contributed by atoms with Crippen LogP contribution in [0.25, 0.3) is 33.4 Å². The van der Waals surface area contributed by atoms with Gasteiger partial charge in [-0.1, -0.05) is 59.6 Å². The third-order valence-corrected chi connectivity index (χ3v) is 9.16. The van der Waals surface area contributed by atoms with Crippen molar-refractivity contribution < 1.29 is 23.4 Å². The number of hydrogen-bond acceptors (Lipinski definition) is 10. The zero-order valence-corrected chi connectivity index (χ0v) is 28.0. The molecule has 1 aliphatic heterocycles. The van der Waals surface area contributed by atoms with E-state index >= 15 is 0 Å². The van der Waals surface area contributed by atoms with Crippen LogP contribution in [-0.2, 0) is 25.4 Å². The molecule has 2 atom stereocenters. The highest BCUT2D eigenvalue weighted by Crippen LogP contribution is 2.42. The minimum Gasteiger partial charge on any atom is -0.481 e. The quantitative estimate of drug-likeness (QED) is 0.191. The Kier molecular flexibility index (Phi) is 9.95. The summed E-state index contributed by atoms with van der Waals surface area (Å²) in [6.07, 6.45) is -3.00. The summed E-state index contributed by atoms with van der Waals surface area (Å²) in [5.41, 5.74) is 1.46. The summed E-state index contributed by atoms with van der Waals surface area (Å²) in [5, 5.41) is 16.8. The number of methoxy groups -OCH3 is 1. The van der Waals surface area contributed by atoms with E-state index in [4.69, 9.17) is 37.7 Å². The van der Waals surface area contributed by atoms with Crippen LogP contribution in [0.3, 0.4) is 0 Å². The molecule has 3 aromatic heterocycles. The molecule has 0 saturated carbocycles. The number of ether oxygens (including phenoxy) is 2. The largest absolute Gasteiger partial charge is 0.481 e. The van der Waals surface area contributed by atoms with E-state index in [1.54, 1.807) is 36.4 Å². The predicted molar refractivity (Wildman–Crippen MR) is 182 cm³/mol. The molecule has 4 heterocycles. The number of hydrogen-bond donors (Lipinski definition) is 3. The summed E-state index contributed by atoms with van der Waals surface area (Å²) in [7, 11) is 4.12. The molecule has 1 saturated heterocycles. The first-order chi connectivity index (χ1) is 23.5.